The molecule has 2 heteroatoms. The second-order valence-electron chi connectivity index (χ2n) is 4.39. The Morgan fingerprint density at radius 3 is 2.27 bits per heavy atom. The van der Waals surface area contributed by atoms with Crippen LogP contribution in [0.3, 0.4) is 0 Å². The third kappa shape index (κ3) is 2.57. The standard InChI is InChI=1S/C13H17FO/c14-12-8-6-11(7-9-12)13(15)10-4-2-1-3-5-10/h6-10,13,15H,1-5H2/t13-/m1/s1. The number of halogens is 1. The topological polar surface area (TPSA) is 20.2 Å². The van der Waals surface area contributed by atoms with Crippen LogP contribution in [0.25, 0.3) is 0 Å². The third-order valence-corrected chi connectivity index (χ3v) is 3.31. The fraction of sp³-hybridized carbons (Fsp3) is 0.538. The highest BCUT2D eigenvalue weighted by Gasteiger charge is 2.22. The molecule has 1 aromatic rings. The molecule has 1 nitrogen and oxygen atoms in total. The summed E-state index contributed by atoms with van der Waals surface area (Å²) in [4.78, 5) is 0. The molecule has 1 aliphatic rings. The van der Waals surface area contributed by atoms with E-state index in [-0.39, 0.29) is 5.82 Å². The van der Waals surface area contributed by atoms with Gasteiger partial charge in [0.1, 0.15) is 5.82 Å². The smallest absolute Gasteiger partial charge is 0.123 e. The van der Waals surface area contributed by atoms with Crippen LogP contribution in [-0.4, -0.2) is 5.11 Å². The van der Waals surface area contributed by atoms with Crippen molar-refractivity contribution in [1.82, 2.24) is 0 Å². The van der Waals surface area contributed by atoms with Gasteiger partial charge in [-0.2, -0.15) is 0 Å². The lowest BCUT2D eigenvalue weighted by Crippen LogP contribution is -2.15. The van der Waals surface area contributed by atoms with Gasteiger partial charge in [0.2, 0.25) is 0 Å². The molecule has 0 aliphatic heterocycles. The van der Waals surface area contributed by atoms with E-state index in [0.29, 0.717) is 5.92 Å². The molecule has 0 bridgehead atoms. The van der Waals surface area contributed by atoms with E-state index in [2.05, 4.69) is 0 Å². The van der Waals surface area contributed by atoms with Gasteiger partial charge in [0, 0.05) is 0 Å². The second kappa shape index (κ2) is 4.75. The first kappa shape index (κ1) is 10.6. The molecular formula is C13H17FO. The molecule has 0 heterocycles. The highest BCUT2D eigenvalue weighted by Crippen LogP contribution is 2.34. The Balaban J connectivity index is 2.05. The molecule has 0 radical (unpaired) electrons. The van der Waals surface area contributed by atoms with Crippen molar-refractivity contribution in [1.29, 1.82) is 0 Å². The SMILES string of the molecule is O[C@@H](c1ccc(F)cc1)C1CCCCC1. The van der Waals surface area contributed by atoms with Crippen LogP contribution in [0.15, 0.2) is 24.3 Å². The van der Waals surface area contributed by atoms with Crippen LogP contribution in [0.1, 0.15) is 43.8 Å². The van der Waals surface area contributed by atoms with E-state index >= 15 is 0 Å². The average molecular weight is 208 g/mol. The van der Waals surface area contributed by atoms with E-state index in [9.17, 15) is 9.50 Å². The first-order valence-electron chi connectivity index (χ1n) is 5.71. The predicted molar refractivity (Wildman–Crippen MR) is 57.9 cm³/mol. The summed E-state index contributed by atoms with van der Waals surface area (Å²) >= 11 is 0. The fourth-order valence-electron chi connectivity index (χ4n) is 2.38. The molecular weight excluding hydrogens is 191 g/mol. The summed E-state index contributed by atoms with van der Waals surface area (Å²) in [6, 6.07) is 6.21. The zero-order chi connectivity index (χ0) is 10.7. The molecule has 1 atom stereocenters. The van der Waals surface area contributed by atoms with Gasteiger partial charge in [-0.1, -0.05) is 31.4 Å². The van der Waals surface area contributed by atoms with E-state index < -0.39 is 6.10 Å². The Labute approximate surface area is 89.9 Å². The normalized spacial score (nSPS) is 20.1. The molecule has 2 rings (SSSR count). The molecule has 0 spiro atoms. The zero-order valence-electron chi connectivity index (χ0n) is 8.82. The van der Waals surface area contributed by atoms with E-state index in [1.54, 1.807) is 12.1 Å². The monoisotopic (exact) mass is 208 g/mol. The third-order valence-electron chi connectivity index (χ3n) is 3.31. The van der Waals surface area contributed by atoms with E-state index in [1.165, 1.54) is 31.4 Å². The van der Waals surface area contributed by atoms with E-state index in [1.807, 2.05) is 0 Å². The summed E-state index contributed by atoms with van der Waals surface area (Å²) < 4.78 is 12.7. The van der Waals surface area contributed by atoms with Gasteiger partial charge in [-0.15, -0.1) is 0 Å². The number of benzene rings is 1. The number of aliphatic hydroxyl groups is 1. The Morgan fingerprint density at radius 1 is 1.07 bits per heavy atom. The minimum atomic E-state index is -0.411. The van der Waals surface area contributed by atoms with E-state index in [4.69, 9.17) is 0 Å². The summed E-state index contributed by atoms with van der Waals surface area (Å²) in [5, 5.41) is 10.1. The van der Waals surface area contributed by atoms with Crippen molar-refractivity contribution in [3.05, 3.63) is 35.6 Å². The average Bonchev–Trinajstić information content (AvgIpc) is 2.30. The lowest BCUT2D eigenvalue weighted by atomic mass is 9.83. The van der Waals surface area contributed by atoms with Crippen molar-refractivity contribution < 1.29 is 9.50 Å². The summed E-state index contributed by atoms with van der Waals surface area (Å²) in [5.74, 6) is 0.124. The van der Waals surface area contributed by atoms with Crippen molar-refractivity contribution in [2.24, 2.45) is 5.92 Å². The van der Waals surface area contributed by atoms with Gasteiger partial charge in [-0.3, -0.25) is 0 Å². The number of hydrogen-bond donors (Lipinski definition) is 1. The largest absolute Gasteiger partial charge is 0.388 e. The van der Waals surface area contributed by atoms with Gasteiger partial charge in [0.15, 0.2) is 0 Å². The first-order chi connectivity index (χ1) is 7.27. The molecule has 0 amide bonds. The van der Waals surface area contributed by atoms with E-state index in [0.717, 1.165) is 18.4 Å². The highest BCUT2D eigenvalue weighted by atomic mass is 19.1. The Kier molecular flexibility index (Phi) is 3.37. The van der Waals surface area contributed by atoms with Crippen molar-refractivity contribution in [2.45, 2.75) is 38.2 Å². The summed E-state index contributed by atoms with van der Waals surface area (Å²) in [6.45, 7) is 0. The summed E-state index contributed by atoms with van der Waals surface area (Å²) in [6.07, 6.45) is 5.49. The molecule has 1 fully saturated rings. The number of aliphatic hydroxyl groups excluding tert-OH is 1. The van der Waals surface area contributed by atoms with Crippen molar-refractivity contribution in [3.8, 4) is 0 Å². The van der Waals surface area contributed by atoms with Gasteiger partial charge >= 0.3 is 0 Å². The first-order valence-corrected chi connectivity index (χ1v) is 5.71. The Morgan fingerprint density at radius 2 is 1.67 bits per heavy atom. The highest BCUT2D eigenvalue weighted by molar-refractivity contribution is 5.19. The van der Waals surface area contributed by atoms with Gasteiger partial charge in [-0.05, 0) is 36.5 Å². The van der Waals surface area contributed by atoms with Crippen LogP contribution in [0.4, 0.5) is 4.39 Å². The molecule has 15 heavy (non-hydrogen) atoms. The zero-order valence-corrected chi connectivity index (χ0v) is 8.82. The maximum atomic E-state index is 12.7. The Hall–Kier alpha value is -0.890. The van der Waals surface area contributed by atoms with Crippen LogP contribution in [0, 0.1) is 11.7 Å². The number of hydrogen-bond acceptors (Lipinski definition) is 1. The lowest BCUT2D eigenvalue weighted by molar-refractivity contribution is 0.0848. The van der Waals surface area contributed by atoms with Crippen LogP contribution in [-0.2, 0) is 0 Å². The van der Waals surface area contributed by atoms with Gasteiger partial charge in [0.05, 0.1) is 6.10 Å². The van der Waals surface area contributed by atoms with Crippen LogP contribution in [0.2, 0.25) is 0 Å². The quantitative estimate of drug-likeness (QED) is 0.789. The van der Waals surface area contributed by atoms with Crippen molar-refractivity contribution in [2.75, 3.05) is 0 Å². The lowest BCUT2D eigenvalue weighted by Gasteiger charge is -2.26. The fourth-order valence-corrected chi connectivity index (χ4v) is 2.38. The minimum Gasteiger partial charge on any atom is -0.388 e. The van der Waals surface area contributed by atoms with Crippen LogP contribution < -0.4 is 0 Å². The molecule has 0 aromatic heterocycles. The van der Waals surface area contributed by atoms with Gasteiger partial charge < -0.3 is 5.11 Å². The van der Waals surface area contributed by atoms with Crippen LogP contribution >= 0.6 is 0 Å². The summed E-state index contributed by atoms with van der Waals surface area (Å²) in [7, 11) is 0. The molecule has 82 valence electrons. The Bertz CT molecular complexity index is 301. The van der Waals surface area contributed by atoms with Crippen molar-refractivity contribution in [3.63, 3.8) is 0 Å². The second-order valence-corrected chi connectivity index (χ2v) is 4.39. The van der Waals surface area contributed by atoms with Crippen LogP contribution in [0.5, 0.6) is 0 Å². The maximum Gasteiger partial charge on any atom is 0.123 e. The molecule has 1 aliphatic carbocycles. The molecule has 0 saturated heterocycles. The molecule has 1 N–H and O–H groups in total. The minimum absolute atomic E-state index is 0.241. The maximum absolute atomic E-state index is 12.7. The predicted octanol–water partition coefficient (Wildman–Crippen LogP) is 3.44. The summed E-state index contributed by atoms with van der Waals surface area (Å²) in [5.41, 5.74) is 0.850. The van der Waals surface area contributed by atoms with Gasteiger partial charge in [0.25, 0.3) is 0 Å². The number of rotatable bonds is 2. The molecule has 0 unspecified atom stereocenters. The van der Waals surface area contributed by atoms with Gasteiger partial charge in [-0.25, -0.2) is 4.39 Å². The van der Waals surface area contributed by atoms with Crippen molar-refractivity contribution >= 4 is 0 Å². The molecule has 1 aromatic carbocycles. The molecule has 1 saturated carbocycles.